The summed E-state index contributed by atoms with van der Waals surface area (Å²) >= 11 is 5.74. The first-order valence-corrected chi connectivity index (χ1v) is 8.84. The van der Waals surface area contributed by atoms with E-state index in [1.165, 1.54) is 31.2 Å². The highest BCUT2D eigenvalue weighted by molar-refractivity contribution is 7.89. The Morgan fingerprint density at radius 2 is 1.70 bits per heavy atom. The second-order valence-corrected chi connectivity index (χ2v) is 7.15. The van der Waals surface area contributed by atoms with Gasteiger partial charge in [-0.3, -0.25) is 4.79 Å². The monoisotopic (exact) mass is 352 g/mol. The molecular formula is C16H17ClN2O3S. The summed E-state index contributed by atoms with van der Waals surface area (Å²) in [7, 11) is -3.77. The number of benzene rings is 2. The first kappa shape index (κ1) is 17.5. The Bertz CT molecular complexity index is 762. The summed E-state index contributed by atoms with van der Waals surface area (Å²) in [6.45, 7) is 1.83. The van der Waals surface area contributed by atoms with Gasteiger partial charge in [-0.25, -0.2) is 8.42 Å². The molecule has 0 saturated carbocycles. The lowest BCUT2D eigenvalue weighted by Gasteiger charge is -2.14. The summed E-state index contributed by atoms with van der Waals surface area (Å²) < 4.78 is 26.7. The highest BCUT2D eigenvalue weighted by Gasteiger charge is 2.21. The van der Waals surface area contributed by atoms with Crippen molar-refractivity contribution in [2.75, 3.05) is 0 Å². The van der Waals surface area contributed by atoms with Crippen LogP contribution in [0.4, 0.5) is 0 Å². The van der Waals surface area contributed by atoms with Gasteiger partial charge in [0.15, 0.2) is 0 Å². The minimum absolute atomic E-state index is 0.0598. The van der Waals surface area contributed by atoms with Crippen molar-refractivity contribution in [2.45, 2.75) is 24.4 Å². The van der Waals surface area contributed by atoms with Crippen molar-refractivity contribution in [1.82, 2.24) is 10.0 Å². The highest BCUT2D eigenvalue weighted by atomic mass is 35.5. The van der Waals surface area contributed by atoms with E-state index < -0.39 is 22.0 Å². The summed E-state index contributed by atoms with van der Waals surface area (Å²) in [5.41, 5.74) is 0.939. The van der Waals surface area contributed by atoms with Crippen LogP contribution in [0.3, 0.4) is 0 Å². The number of hydrogen-bond acceptors (Lipinski definition) is 3. The maximum atomic E-state index is 12.2. The van der Waals surface area contributed by atoms with Crippen LogP contribution in [0, 0.1) is 0 Å². The number of halogens is 1. The maximum Gasteiger partial charge on any atom is 0.241 e. The van der Waals surface area contributed by atoms with Crippen molar-refractivity contribution in [2.24, 2.45) is 0 Å². The molecule has 5 nitrogen and oxygen atoms in total. The molecule has 2 aromatic rings. The van der Waals surface area contributed by atoms with Gasteiger partial charge in [0, 0.05) is 11.6 Å². The maximum absolute atomic E-state index is 12.2. The third kappa shape index (κ3) is 5.06. The van der Waals surface area contributed by atoms with Crippen LogP contribution < -0.4 is 10.0 Å². The minimum Gasteiger partial charge on any atom is -0.351 e. The van der Waals surface area contributed by atoms with E-state index in [9.17, 15) is 13.2 Å². The largest absolute Gasteiger partial charge is 0.351 e. The first-order chi connectivity index (χ1) is 10.9. The number of carbonyl (C=O) groups excluding carboxylic acids is 1. The van der Waals surface area contributed by atoms with Crippen molar-refractivity contribution in [3.05, 3.63) is 65.2 Å². The van der Waals surface area contributed by atoms with Gasteiger partial charge in [-0.05, 0) is 36.8 Å². The summed E-state index contributed by atoms with van der Waals surface area (Å²) in [4.78, 5) is 12.1. The summed E-state index contributed by atoms with van der Waals surface area (Å²) in [5, 5.41) is 3.14. The molecule has 0 aliphatic rings. The predicted octanol–water partition coefficient (Wildman–Crippen LogP) is 2.32. The molecule has 1 unspecified atom stereocenters. The Hall–Kier alpha value is -1.89. The van der Waals surface area contributed by atoms with E-state index in [1.807, 2.05) is 30.3 Å². The van der Waals surface area contributed by atoms with E-state index in [1.54, 1.807) is 0 Å². The fourth-order valence-electron chi connectivity index (χ4n) is 1.91. The Kier molecular flexibility index (Phi) is 5.76. The van der Waals surface area contributed by atoms with Crippen LogP contribution in [0.5, 0.6) is 0 Å². The molecule has 7 heteroatoms. The predicted molar refractivity (Wildman–Crippen MR) is 89.5 cm³/mol. The van der Waals surface area contributed by atoms with E-state index in [0.29, 0.717) is 11.6 Å². The molecule has 0 spiro atoms. The molecule has 23 heavy (non-hydrogen) atoms. The molecule has 0 saturated heterocycles. The quantitative estimate of drug-likeness (QED) is 0.837. The second kappa shape index (κ2) is 7.59. The molecule has 0 heterocycles. The Morgan fingerprint density at radius 1 is 1.09 bits per heavy atom. The SMILES string of the molecule is CC(NS(=O)(=O)c1ccc(Cl)cc1)C(=O)NCc1ccccc1. The topological polar surface area (TPSA) is 75.3 Å². The van der Waals surface area contributed by atoms with Gasteiger partial charge in [-0.15, -0.1) is 0 Å². The first-order valence-electron chi connectivity index (χ1n) is 6.98. The van der Waals surface area contributed by atoms with Crippen molar-refractivity contribution in [3.63, 3.8) is 0 Å². The number of sulfonamides is 1. The van der Waals surface area contributed by atoms with Gasteiger partial charge in [0.25, 0.3) is 0 Å². The second-order valence-electron chi connectivity index (χ2n) is 5.00. The van der Waals surface area contributed by atoms with Crippen LogP contribution in [-0.2, 0) is 21.4 Å². The van der Waals surface area contributed by atoms with Crippen LogP contribution in [0.2, 0.25) is 5.02 Å². The average Bonchev–Trinajstić information content (AvgIpc) is 2.53. The molecule has 0 radical (unpaired) electrons. The number of hydrogen-bond donors (Lipinski definition) is 2. The third-order valence-corrected chi connectivity index (χ3v) is 4.97. The lowest BCUT2D eigenvalue weighted by atomic mass is 10.2. The van der Waals surface area contributed by atoms with E-state index >= 15 is 0 Å². The van der Waals surface area contributed by atoms with Gasteiger partial charge in [-0.1, -0.05) is 41.9 Å². The highest BCUT2D eigenvalue weighted by Crippen LogP contribution is 2.14. The zero-order valence-corrected chi connectivity index (χ0v) is 14.1. The van der Waals surface area contributed by atoms with Crippen LogP contribution in [0.15, 0.2) is 59.5 Å². The fourth-order valence-corrected chi connectivity index (χ4v) is 3.24. The van der Waals surface area contributed by atoms with Gasteiger partial charge in [0.1, 0.15) is 0 Å². The van der Waals surface area contributed by atoms with Crippen LogP contribution in [0.25, 0.3) is 0 Å². The van der Waals surface area contributed by atoms with Crippen LogP contribution in [-0.4, -0.2) is 20.4 Å². The average molecular weight is 353 g/mol. The molecule has 0 aliphatic carbocycles. The molecule has 0 bridgehead atoms. The molecule has 0 aromatic heterocycles. The van der Waals surface area contributed by atoms with Crippen molar-refractivity contribution >= 4 is 27.5 Å². The Balaban J connectivity index is 1.96. The number of nitrogens with one attached hydrogen (secondary N) is 2. The normalized spacial score (nSPS) is 12.6. The van der Waals surface area contributed by atoms with Gasteiger partial charge in [0.2, 0.25) is 15.9 Å². The van der Waals surface area contributed by atoms with Gasteiger partial charge >= 0.3 is 0 Å². The Morgan fingerprint density at radius 3 is 2.30 bits per heavy atom. The molecule has 2 rings (SSSR count). The lowest BCUT2D eigenvalue weighted by molar-refractivity contribution is -0.122. The van der Waals surface area contributed by atoms with Gasteiger partial charge in [0.05, 0.1) is 10.9 Å². The van der Waals surface area contributed by atoms with Crippen LogP contribution >= 0.6 is 11.6 Å². The molecule has 2 aromatic carbocycles. The zero-order valence-electron chi connectivity index (χ0n) is 12.5. The van der Waals surface area contributed by atoms with E-state index in [4.69, 9.17) is 11.6 Å². The Labute approximate surface area is 140 Å². The number of carbonyl (C=O) groups is 1. The summed E-state index contributed by atoms with van der Waals surface area (Å²) in [6.07, 6.45) is 0. The zero-order chi connectivity index (χ0) is 16.9. The van der Waals surface area contributed by atoms with E-state index in [2.05, 4.69) is 10.0 Å². The molecule has 0 fully saturated rings. The van der Waals surface area contributed by atoms with Gasteiger partial charge in [-0.2, -0.15) is 4.72 Å². The smallest absolute Gasteiger partial charge is 0.241 e. The van der Waals surface area contributed by atoms with Crippen molar-refractivity contribution in [3.8, 4) is 0 Å². The third-order valence-electron chi connectivity index (χ3n) is 3.16. The standard InChI is InChI=1S/C16H17ClN2O3S/c1-12(16(20)18-11-13-5-3-2-4-6-13)19-23(21,22)15-9-7-14(17)8-10-15/h2-10,12,19H,11H2,1H3,(H,18,20). The minimum atomic E-state index is -3.77. The molecular weight excluding hydrogens is 336 g/mol. The summed E-state index contributed by atoms with van der Waals surface area (Å²) in [6, 6.07) is 14.2. The van der Waals surface area contributed by atoms with E-state index in [0.717, 1.165) is 5.56 Å². The molecule has 1 amide bonds. The molecule has 1 atom stereocenters. The van der Waals surface area contributed by atoms with Crippen LogP contribution in [0.1, 0.15) is 12.5 Å². The van der Waals surface area contributed by atoms with Crippen molar-refractivity contribution < 1.29 is 13.2 Å². The number of amides is 1. The molecule has 122 valence electrons. The summed E-state index contributed by atoms with van der Waals surface area (Å²) in [5.74, 6) is -0.397. The van der Waals surface area contributed by atoms with Gasteiger partial charge < -0.3 is 5.32 Å². The van der Waals surface area contributed by atoms with E-state index in [-0.39, 0.29) is 4.90 Å². The molecule has 2 N–H and O–H groups in total. The number of rotatable bonds is 6. The molecule has 0 aliphatic heterocycles. The fraction of sp³-hybridized carbons (Fsp3) is 0.188. The lowest BCUT2D eigenvalue weighted by Crippen LogP contribution is -2.44. The van der Waals surface area contributed by atoms with Crippen molar-refractivity contribution in [1.29, 1.82) is 0 Å².